The smallest absolute Gasteiger partial charge is 0.336 e. The Kier molecular flexibility index (Phi) is 5.47. The highest BCUT2D eigenvalue weighted by atomic mass is 32.2. The minimum atomic E-state index is -3.69. The number of aromatic carboxylic acids is 1. The van der Waals surface area contributed by atoms with Crippen molar-refractivity contribution in [1.82, 2.24) is 4.72 Å². The van der Waals surface area contributed by atoms with Crippen LogP contribution < -0.4 is 4.72 Å². The fourth-order valence-corrected chi connectivity index (χ4v) is 2.66. The largest absolute Gasteiger partial charge is 0.478 e. The molecule has 0 saturated carbocycles. The molecule has 1 aromatic rings. The molecule has 0 fully saturated rings. The Morgan fingerprint density at radius 1 is 1.35 bits per heavy atom. The Morgan fingerprint density at radius 3 is 2.50 bits per heavy atom. The first-order valence-electron chi connectivity index (χ1n) is 6.27. The third-order valence-electron chi connectivity index (χ3n) is 2.79. The molecule has 0 saturated heterocycles. The molecule has 0 amide bonds. The fourth-order valence-electron chi connectivity index (χ4n) is 1.67. The second kappa shape index (κ2) is 6.67. The van der Waals surface area contributed by atoms with Gasteiger partial charge in [0.05, 0.1) is 10.5 Å². The van der Waals surface area contributed by atoms with E-state index in [4.69, 9.17) is 5.11 Å². The molecule has 0 aliphatic rings. The van der Waals surface area contributed by atoms with Crippen LogP contribution in [0, 0.1) is 0 Å². The first-order valence-corrected chi connectivity index (χ1v) is 7.75. The molecule has 20 heavy (non-hydrogen) atoms. The van der Waals surface area contributed by atoms with Gasteiger partial charge in [0.25, 0.3) is 0 Å². The number of hydrogen-bond donors (Lipinski definition) is 2. The van der Waals surface area contributed by atoms with Crippen LogP contribution in [0.15, 0.2) is 34.7 Å². The van der Waals surface area contributed by atoms with Crippen LogP contribution in [0.2, 0.25) is 0 Å². The number of carboxylic acids is 1. The summed E-state index contributed by atoms with van der Waals surface area (Å²) in [6.45, 7) is 5.74. The molecule has 110 valence electrons. The minimum absolute atomic E-state index is 0.0255. The number of carboxylic acid groups (broad SMARTS) is 1. The van der Waals surface area contributed by atoms with Gasteiger partial charge in [0.2, 0.25) is 10.0 Å². The molecule has 0 aliphatic heterocycles. The van der Waals surface area contributed by atoms with Crippen molar-refractivity contribution >= 4 is 16.0 Å². The Labute approximate surface area is 119 Å². The topological polar surface area (TPSA) is 83.5 Å². The van der Waals surface area contributed by atoms with E-state index in [0.717, 1.165) is 5.57 Å². The van der Waals surface area contributed by atoms with Crippen molar-refractivity contribution in [3.8, 4) is 0 Å². The van der Waals surface area contributed by atoms with Crippen molar-refractivity contribution in [1.29, 1.82) is 0 Å². The Balaban J connectivity index is 3.10. The molecule has 0 radical (unpaired) electrons. The summed E-state index contributed by atoms with van der Waals surface area (Å²) in [4.78, 5) is 11.1. The number of allylic oxidation sites excluding steroid dienone is 1. The third-order valence-corrected chi connectivity index (χ3v) is 4.21. The molecule has 1 aromatic carbocycles. The summed E-state index contributed by atoms with van der Waals surface area (Å²) in [6, 6.07) is 4.17. The van der Waals surface area contributed by atoms with E-state index in [9.17, 15) is 13.2 Å². The average molecular weight is 297 g/mol. The summed E-state index contributed by atoms with van der Waals surface area (Å²) < 4.78 is 26.5. The minimum Gasteiger partial charge on any atom is -0.478 e. The molecule has 2 N–H and O–H groups in total. The lowest BCUT2D eigenvalue weighted by molar-refractivity contribution is 0.0695. The summed E-state index contributed by atoms with van der Waals surface area (Å²) in [5.74, 6) is -1.12. The van der Waals surface area contributed by atoms with E-state index in [1.807, 2.05) is 20.8 Å². The second-order valence-electron chi connectivity index (χ2n) is 4.61. The van der Waals surface area contributed by atoms with Crippen LogP contribution >= 0.6 is 0 Å². The van der Waals surface area contributed by atoms with Gasteiger partial charge in [-0.25, -0.2) is 17.9 Å². The van der Waals surface area contributed by atoms with Gasteiger partial charge < -0.3 is 5.11 Å². The first kappa shape index (κ1) is 16.4. The van der Waals surface area contributed by atoms with Crippen LogP contribution in [0.1, 0.15) is 36.7 Å². The first-order chi connectivity index (χ1) is 9.27. The highest BCUT2D eigenvalue weighted by Crippen LogP contribution is 2.17. The van der Waals surface area contributed by atoms with Gasteiger partial charge in [0, 0.05) is 6.54 Å². The van der Waals surface area contributed by atoms with E-state index in [2.05, 4.69) is 4.72 Å². The van der Waals surface area contributed by atoms with Crippen molar-refractivity contribution in [3.05, 3.63) is 41.0 Å². The van der Waals surface area contributed by atoms with Gasteiger partial charge in [-0.3, -0.25) is 0 Å². The number of aryl methyl sites for hydroxylation is 1. The molecule has 0 heterocycles. The molecule has 0 atom stereocenters. The lowest BCUT2D eigenvalue weighted by Gasteiger charge is -2.08. The summed E-state index contributed by atoms with van der Waals surface area (Å²) in [5.41, 5.74) is 1.64. The predicted octanol–water partition coefficient (Wildman–Crippen LogP) is 2.19. The second-order valence-corrected chi connectivity index (χ2v) is 6.38. The summed E-state index contributed by atoms with van der Waals surface area (Å²) in [6.07, 6.45) is 2.28. The Hall–Kier alpha value is -1.66. The van der Waals surface area contributed by atoms with E-state index in [0.29, 0.717) is 12.0 Å². The maximum Gasteiger partial charge on any atom is 0.336 e. The average Bonchev–Trinajstić information content (AvgIpc) is 2.37. The zero-order chi connectivity index (χ0) is 15.3. The monoisotopic (exact) mass is 297 g/mol. The molecule has 1 rings (SSSR count). The number of benzene rings is 1. The molecule has 0 bridgehead atoms. The van der Waals surface area contributed by atoms with E-state index in [1.54, 1.807) is 12.1 Å². The van der Waals surface area contributed by atoms with E-state index < -0.39 is 16.0 Å². The molecule has 0 aliphatic carbocycles. The summed E-state index contributed by atoms with van der Waals surface area (Å²) in [5, 5.41) is 9.11. The number of nitrogens with one attached hydrogen (secondary N) is 1. The van der Waals surface area contributed by atoms with Gasteiger partial charge in [-0.05, 0) is 38.0 Å². The maximum absolute atomic E-state index is 12.1. The van der Waals surface area contributed by atoms with Gasteiger partial charge in [0.15, 0.2) is 0 Å². The van der Waals surface area contributed by atoms with Crippen LogP contribution in [0.5, 0.6) is 0 Å². The van der Waals surface area contributed by atoms with E-state index >= 15 is 0 Å². The van der Waals surface area contributed by atoms with Gasteiger partial charge in [-0.1, -0.05) is 24.6 Å². The zero-order valence-electron chi connectivity index (χ0n) is 11.8. The number of hydrogen-bond acceptors (Lipinski definition) is 3. The number of carbonyl (C=O) groups is 1. The van der Waals surface area contributed by atoms with Gasteiger partial charge in [-0.2, -0.15) is 0 Å². The summed E-state index contributed by atoms with van der Waals surface area (Å²) >= 11 is 0. The quantitative estimate of drug-likeness (QED) is 0.788. The van der Waals surface area contributed by atoms with Crippen LogP contribution in [0.4, 0.5) is 0 Å². The van der Waals surface area contributed by atoms with Crippen molar-refractivity contribution in [3.63, 3.8) is 0 Å². The highest BCUT2D eigenvalue weighted by Gasteiger charge is 2.17. The standard InChI is InChI=1S/C14H19NO4S/c1-4-11-5-6-12(9-13(11)14(16)17)20(18,19)15-8-7-10(2)3/h5-7,9,15H,4,8H2,1-3H3,(H,16,17). The Bertz CT molecular complexity index is 629. The van der Waals surface area contributed by atoms with Crippen molar-refractivity contribution in [2.45, 2.75) is 32.1 Å². The fraction of sp³-hybridized carbons (Fsp3) is 0.357. The van der Waals surface area contributed by atoms with Gasteiger partial charge in [0.1, 0.15) is 0 Å². The molecule has 5 nitrogen and oxygen atoms in total. The predicted molar refractivity (Wildman–Crippen MR) is 77.4 cm³/mol. The molecule has 0 unspecified atom stereocenters. The Morgan fingerprint density at radius 2 is 2.00 bits per heavy atom. The van der Waals surface area contributed by atoms with Crippen LogP contribution in [0.3, 0.4) is 0 Å². The van der Waals surface area contributed by atoms with Crippen LogP contribution in [-0.4, -0.2) is 26.0 Å². The van der Waals surface area contributed by atoms with E-state index in [1.165, 1.54) is 12.1 Å². The van der Waals surface area contributed by atoms with E-state index in [-0.39, 0.29) is 17.0 Å². The highest BCUT2D eigenvalue weighted by molar-refractivity contribution is 7.89. The number of sulfonamides is 1. The maximum atomic E-state index is 12.1. The molecule has 0 aromatic heterocycles. The summed E-state index contributed by atoms with van der Waals surface area (Å²) in [7, 11) is -3.69. The van der Waals surface area contributed by atoms with Gasteiger partial charge in [-0.15, -0.1) is 0 Å². The molecule has 0 spiro atoms. The van der Waals surface area contributed by atoms with Gasteiger partial charge >= 0.3 is 5.97 Å². The van der Waals surface area contributed by atoms with Crippen LogP contribution in [-0.2, 0) is 16.4 Å². The van der Waals surface area contributed by atoms with Crippen molar-refractivity contribution in [2.24, 2.45) is 0 Å². The molecular formula is C14H19NO4S. The molecule has 6 heteroatoms. The lowest BCUT2D eigenvalue weighted by Crippen LogP contribution is -2.24. The molecular weight excluding hydrogens is 278 g/mol. The lowest BCUT2D eigenvalue weighted by atomic mass is 10.1. The third kappa shape index (κ3) is 4.18. The number of rotatable bonds is 6. The van der Waals surface area contributed by atoms with Crippen molar-refractivity contribution < 1.29 is 18.3 Å². The normalized spacial score (nSPS) is 11.2. The zero-order valence-corrected chi connectivity index (χ0v) is 12.6. The van der Waals surface area contributed by atoms with Crippen molar-refractivity contribution in [2.75, 3.05) is 6.54 Å². The van der Waals surface area contributed by atoms with Crippen LogP contribution in [0.25, 0.3) is 0 Å². The SMILES string of the molecule is CCc1ccc(S(=O)(=O)NCC=C(C)C)cc1C(=O)O.